The number of hydrogen-bond acceptors (Lipinski definition) is 5. The summed E-state index contributed by atoms with van der Waals surface area (Å²) >= 11 is 0. The van der Waals surface area contributed by atoms with Gasteiger partial charge in [0.1, 0.15) is 5.75 Å². The number of piperazine rings is 1. The van der Waals surface area contributed by atoms with Crippen LogP contribution >= 0.6 is 0 Å². The quantitative estimate of drug-likeness (QED) is 0.636. The van der Waals surface area contributed by atoms with Gasteiger partial charge in [-0.25, -0.2) is 13.1 Å². The minimum Gasteiger partial charge on any atom is -0.497 e. The number of nitrogens with one attached hydrogen (secondary N) is 1. The van der Waals surface area contributed by atoms with E-state index in [0.29, 0.717) is 6.54 Å². The van der Waals surface area contributed by atoms with Crippen LogP contribution in [0.4, 0.5) is 5.69 Å². The Morgan fingerprint density at radius 1 is 1.03 bits per heavy atom. The Bertz CT molecular complexity index is 876. The van der Waals surface area contributed by atoms with Crippen LogP contribution in [-0.2, 0) is 15.8 Å². The van der Waals surface area contributed by atoms with Crippen LogP contribution in [0.15, 0.2) is 48.5 Å². The maximum Gasteiger partial charge on any atom is 0.215 e. The highest BCUT2D eigenvalue weighted by Crippen LogP contribution is 2.20. The highest BCUT2D eigenvalue weighted by atomic mass is 32.2. The van der Waals surface area contributed by atoms with Gasteiger partial charge in [0.05, 0.1) is 12.9 Å². The predicted molar refractivity (Wildman–Crippen MR) is 118 cm³/mol. The molecule has 0 amide bonds. The Balaban J connectivity index is 1.36. The lowest BCUT2D eigenvalue weighted by molar-refractivity contribution is 0.255. The third-order valence-corrected chi connectivity index (χ3v) is 6.58. The van der Waals surface area contributed by atoms with E-state index >= 15 is 0 Å². The first-order valence-electron chi connectivity index (χ1n) is 10.1. The maximum absolute atomic E-state index is 12.3. The highest BCUT2D eigenvalue weighted by Gasteiger charge is 2.17. The summed E-state index contributed by atoms with van der Waals surface area (Å²) in [5.41, 5.74) is 3.12. The lowest BCUT2D eigenvalue weighted by atomic mass is 10.2. The summed E-state index contributed by atoms with van der Waals surface area (Å²) in [5.74, 6) is 0.909. The lowest BCUT2D eigenvalue weighted by Gasteiger charge is -2.36. The van der Waals surface area contributed by atoms with Crippen LogP contribution in [-0.4, -0.2) is 59.7 Å². The van der Waals surface area contributed by atoms with Crippen molar-refractivity contribution in [3.05, 3.63) is 59.7 Å². The number of rotatable bonds is 9. The van der Waals surface area contributed by atoms with Gasteiger partial charge in [-0.2, -0.15) is 0 Å². The van der Waals surface area contributed by atoms with Crippen LogP contribution in [0.25, 0.3) is 0 Å². The predicted octanol–water partition coefficient (Wildman–Crippen LogP) is 2.64. The van der Waals surface area contributed by atoms with E-state index in [4.69, 9.17) is 4.74 Å². The van der Waals surface area contributed by atoms with Gasteiger partial charge in [-0.15, -0.1) is 0 Å². The molecule has 0 aliphatic carbocycles. The van der Waals surface area contributed by atoms with Gasteiger partial charge < -0.3 is 9.64 Å². The fourth-order valence-electron chi connectivity index (χ4n) is 3.63. The molecule has 0 atom stereocenters. The van der Waals surface area contributed by atoms with Gasteiger partial charge in [-0.3, -0.25) is 4.90 Å². The van der Waals surface area contributed by atoms with Crippen molar-refractivity contribution in [2.45, 2.75) is 19.1 Å². The highest BCUT2D eigenvalue weighted by molar-refractivity contribution is 7.88. The first-order valence-corrected chi connectivity index (χ1v) is 11.7. The van der Waals surface area contributed by atoms with E-state index in [0.717, 1.165) is 56.0 Å². The summed E-state index contributed by atoms with van der Waals surface area (Å²) in [6.07, 6.45) is 0.815. The molecule has 1 aliphatic heterocycles. The second kappa shape index (κ2) is 10.1. The Hall–Kier alpha value is -2.09. The van der Waals surface area contributed by atoms with E-state index in [2.05, 4.69) is 26.7 Å². The molecular weight excluding hydrogens is 386 g/mol. The van der Waals surface area contributed by atoms with Crippen molar-refractivity contribution < 1.29 is 13.2 Å². The number of nitrogens with zero attached hydrogens (tertiary/aromatic N) is 2. The van der Waals surface area contributed by atoms with E-state index in [-0.39, 0.29) is 5.75 Å². The van der Waals surface area contributed by atoms with Crippen LogP contribution in [0.1, 0.15) is 17.5 Å². The molecule has 0 bridgehead atoms. The average molecular weight is 418 g/mol. The summed E-state index contributed by atoms with van der Waals surface area (Å²) in [5, 5.41) is 0. The van der Waals surface area contributed by atoms with Gasteiger partial charge >= 0.3 is 0 Å². The fourth-order valence-corrected chi connectivity index (χ4v) is 4.80. The van der Waals surface area contributed by atoms with Crippen LogP contribution < -0.4 is 14.4 Å². The Kier molecular flexibility index (Phi) is 7.52. The maximum atomic E-state index is 12.3. The van der Waals surface area contributed by atoms with Crippen molar-refractivity contribution in [3.8, 4) is 5.75 Å². The summed E-state index contributed by atoms with van der Waals surface area (Å²) in [4.78, 5) is 4.77. The minimum atomic E-state index is -3.29. The number of hydrogen-bond donors (Lipinski definition) is 1. The number of benzene rings is 2. The van der Waals surface area contributed by atoms with E-state index in [9.17, 15) is 8.42 Å². The monoisotopic (exact) mass is 417 g/mol. The molecule has 0 unspecified atom stereocenters. The smallest absolute Gasteiger partial charge is 0.215 e. The molecule has 1 saturated heterocycles. The molecule has 0 saturated carbocycles. The molecule has 1 heterocycles. The fraction of sp³-hybridized carbons (Fsp3) is 0.455. The molecule has 0 spiro atoms. The van der Waals surface area contributed by atoms with Crippen molar-refractivity contribution in [2.75, 3.05) is 51.3 Å². The van der Waals surface area contributed by atoms with Crippen molar-refractivity contribution in [1.29, 1.82) is 0 Å². The molecule has 0 aromatic heterocycles. The van der Waals surface area contributed by atoms with Crippen LogP contribution in [0, 0.1) is 6.92 Å². The molecule has 6 nitrogen and oxygen atoms in total. The zero-order chi connectivity index (χ0) is 20.7. The second-order valence-corrected chi connectivity index (χ2v) is 9.33. The summed E-state index contributed by atoms with van der Waals surface area (Å²) in [7, 11) is -1.61. The zero-order valence-electron chi connectivity index (χ0n) is 17.3. The topological polar surface area (TPSA) is 61.9 Å². The average Bonchev–Trinajstić information content (AvgIpc) is 2.71. The molecule has 3 rings (SSSR count). The SMILES string of the molecule is COc1ccc(N2CCN(CCCNS(=O)(=O)Cc3cccc(C)c3)CC2)cc1. The number of methoxy groups -OCH3 is 1. The van der Waals surface area contributed by atoms with E-state index < -0.39 is 10.0 Å². The molecule has 1 aliphatic rings. The molecule has 2 aromatic rings. The number of aryl methyl sites for hydroxylation is 1. The molecule has 158 valence electrons. The Labute approximate surface area is 174 Å². The molecule has 2 aromatic carbocycles. The third-order valence-electron chi connectivity index (χ3n) is 5.22. The lowest BCUT2D eigenvalue weighted by Crippen LogP contribution is -2.47. The Morgan fingerprint density at radius 2 is 1.76 bits per heavy atom. The zero-order valence-corrected chi connectivity index (χ0v) is 18.1. The van der Waals surface area contributed by atoms with Gasteiger partial charge in [0.15, 0.2) is 0 Å². The Morgan fingerprint density at radius 3 is 2.41 bits per heavy atom. The van der Waals surface area contributed by atoms with E-state index in [1.54, 1.807) is 7.11 Å². The third kappa shape index (κ3) is 6.73. The first kappa shape index (κ1) is 21.6. The van der Waals surface area contributed by atoms with E-state index in [1.807, 2.05) is 43.3 Å². The number of ether oxygens (including phenoxy) is 1. The van der Waals surface area contributed by atoms with Gasteiger partial charge in [-0.1, -0.05) is 29.8 Å². The minimum absolute atomic E-state index is 0.0369. The molecule has 29 heavy (non-hydrogen) atoms. The molecule has 1 fully saturated rings. The number of sulfonamides is 1. The molecule has 1 N–H and O–H groups in total. The van der Waals surface area contributed by atoms with Gasteiger partial charge in [0.2, 0.25) is 10.0 Å². The molecule has 0 radical (unpaired) electrons. The van der Waals surface area contributed by atoms with Gasteiger partial charge in [0, 0.05) is 38.4 Å². The van der Waals surface area contributed by atoms with Crippen molar-refractivity contribution in [2.24, 2.45) is 0 Å². The number of anilines is 1. The van der Waals surface area contributed by atoms with Crippen molar-refractivity contribution >= 4 is 15.7 Å². The summed E-state index contributed by atoms with van der Waals surface area (Å²) in [6, 6.07) is 15.8. The van der Waals surface area contributed by atoms with Crippen LogP contribution in [0.5, 0.6) is 5.75 Å². The summed E-state index contributed by atoms with van der Waals surface area (Å²) in [6.45, 7) is 7.29. The second-order valence-electron chi connectivity index (χ2n) is 7.52. The van der Waals surface area contributed by atoms with Crippen molar-refractivity contribution in [3.63, 3.8) is 0 Å². The molecule has 7 heteroatoms. The first-order chi connectivity index (χ1) is 13.9. The largest absolute Gasteiger partial charge is 0.497 e. The van der Waals surface area contributed by atoms with Crippen LogP contribution in [0.2, 0.25) is 0 Å². The van der Waals surface area contributed by atoms with Crippen LogP contribution in [0.3, 0.4) is 0 Å². The molecular formula is C22H31N3O3S. The van der Waals surface area contributed by atoms with Crippen molar-refractivity contribution in [1.82, 2.24) is 9.62 Å². The standard InChI is InChI=1S/C22H31N3O3S/c1-19-5-3-6-20(17-19)18-29(26,27)23-11-4-12-24-13-15-25(16-14-24)21-7-9-22(28-2)10-8-21/h3,5-10,17,23H,4,11-16,18H2,1-2H3. The van der Waals surface area contributed by atoms with E-state index in [1.165, 1.54) is 5.69 Å². The summed E-state index contributed by atoms with van der Waals surface area (Å²) < 4.78 is 32.5. The van der Waals surface area contributed by atoms with Gasteiger partial charge in [0.25, 0.3) is 0 Å². The normalized spacial score (nSPS) is 15.4. The van der Waals surface area contributed by atoms with Gasteiger partial charge in [-0.05, 0) is 49.7 Å².